The van der Waals surface area contributed by atoms with Crippen molar-refractivity contribution in [1.82, 2.24) is 15.5 Å². The second kappa shape index (κ2) is 10.2. The van der Waals surface area contributed by atoms with E-state index in [0.29, 0.717) is 25.1 Å². The summed E-state index contributed by atoms with van der Waals surface area (Å²) >= 11 is 0. The lowest BCUT2D eigenvalue weighted by molar-refractivity contribution is -0.120. The van der Waals surface area contributed by atoms with Crippen LogP contribution in [-0.4, -0.2) is 44.1 Å². The fourth-order valence-corrected chi connectivity index (χ4v) is 2.50. The normalized spacial score (nSPS) is 10.2. The lowest BCUT2D eigenvalue weighted by Crippen LogP contribution is -2.41. The number of urea groups is 1. The molecule has 7 heteroatoms. The quantitative estimate of drug-likeness (QED) is 0.698. The molecule has 2 N–H and O–H groups in total. The van der Waals surface area contributed by atoms with Crippen molar-refractivity contribution in [1.29, 1.82) is 0 Å². The molecule has 0 unspecified atom stereocenters. The highest BCUT2D eigenvalue weighted by molar-refractivity contribution is 5.78. The van der Waals surface area contributed by atoms with Crippen LogP contribution < -0.4 is 15.4 Å². The Bertz CT molecular complexity index is 768. The number of nitrogens with zero attached hydrogens (tertiary/aromatic N) is 1. The van der Waals surface area contributed by atoms with Gasteiger partial charge < -0.3 is 20.3 Å². The molecule has 0 aliphatic carbocycles. The van der Waals surface area contributed by atoms with Gasteiger partial charge in [0.1, 0.15) is 0 Å². The number of nitrogens with one attached hydrogen (secondary N) is 2. The van der Waals surface area contributed by atoms with Crippen molar-refractivity contribution in [3.8, 4) is 5.75 Å². The molecule has 2 aromatic rings. The molecule has 0 saturated heterocycles. The molecule has 0 aliphatic heterocycles. The van der Waals surface area contributed by atoms with E-state index in [1.165, 1.54) is 24.1 Å². The van der Waals surface area contributed by atoms with Gasteiger partial charge in [-0.1, -0.05) is 36.4 Å². The fourth-order valence-electron chi connectivity index (χ4n) is 2.50. The van der Waals surface area contributed by atoms with Gasteiger partial charge in [0, 0.05) is 26.7 Å². The van der Waals surface area contributed by atoms with Crippen LogP contribution >= 0.6 is 0 Å². The predicted molar refractivity (Wildman–Crippen MR) is 101 cm³/mol. The minimum Gasteiger partial charge on any atom is -0.494 e. The Kier molecular flexibility index (Phi) is 7.61. The largest absolute Gasteiger partial charge is 0.494 e. The van der Waals surface area contributed by atoms with Gasteiger partial charge in [-0.15, -0.1) is 0 Å². The van der Waals surface area contributed by atoms with E-state index >= 15 is 0 Å². The third kappa shape index (κ3) is 6.62. The number of amides is 3. The highest BCUT2D eigenvalue weighted by atomic mass is 19.1. The van der Waals surface area contributed by atoms with Crippen LogP contribution in [0.2, 0.25) is 0 Å². The first-order chi connectivity index (χ1) is 13.0. The molecule has 0 aliphatic rings. The number of hydrogen-bond acceptors (Lipinski definition) is 3. The molecule has 2 rings (SSSR count). The smallest absolute Gasteiger partial charge is 0.317 e. The van der Waals surface area contributed by atoms with Crippen LogP contribution in [-0.2, 0) is 17.8 Å². The van der Waals surface area contributed by atoms with Crippen LogP contribution in [0, 0.1) is 5.82 Å². The van der Waals surface area contributed by atoms with Crippen LogP contribution in [0.5, 0.6) is 5.75 Å². The van der Waals surface area contributed by atoms with E-state index in [1.807, 2.05) is 30.3 Å². The van der Waals surface area contributed by atoms with Crippen molar-refractivity contribution in [3.63, 3.8) is 0 Å². The molecule has 0 aromatic heterocycles. The van der Waals surface area contributed by atoms with Crippen molar-refractivity contribution < 1.29 is 18.7 Å². The van der Waals surface area contributed by atoms with Crippen LogP contribution in [0.25, 0.3) is 0 Å². The van der Waals surface area contributed by atoms with Gasteiger partial charge in [0.2, 0.25) is 5.91 Å². The maximum atomic E-state index is 13.7. The van der Waals surface area contributed by atoms with Gasteiger partial charge in [-0.05, 0) is 23.3 Å². The van der Waals surface area contributed by atoms with E-state index < -0.39 is 5.82 Å². The highest BCUT2D eigenvalue weighted by Gasteiger charge is 2.11. The highest BCUT2D eigenvalue weighted by Crippen LogP contribution is 2.18. The average molecular weight is 373 g/mol. The van der Waals surface area contributed by atoms with Crippen molar-refractivity contribution in [2.75, 3.05) is 27.2 Å². The molecule has 0 fully saturated rings. The van der Waals surface area contributed by atoms with E-state index in [4.69, 9.17) is 4.74 Å². The topological polar surface area (TPSA) is 70.7 Å². The van der Waals surface area contributed by atoms with Crippen LogP contribution in [0.1, 0.15) is 11.1 Å². The van der Waals surface area contributed by atoms with Crippen LogP contribution in [0.4, 0.5) is 9.18 Å². The number of carbonyl (C=O) groups excluding carboxylic acids is 2. The Morgan fingerprint density at radius 3 is 2.41 bits per heavy atom. The number of rotatable bonds is 8. The SMILES string of the molecule is COc1ccc(CN(C)C(=O)NCCNC(=O)Cc2ccccc2)cc1F. The third-order valence-corrected chi connectivity index (χ3v) is 3.91. The van der Waals surface area contributed by atoms with Gasteiger partial charge in [0.15, 0.2) is 11.6 Å². The number of ether oxygens (including phenoxy) is 1. The van der Waals surface area contributed by atoms with Gasteiger partial charge in [-0.25, -0.2) is 9.18 Å². The van der Waals surface area contributed by atoms with Gasteiger partial charge in [0.25, 0.3) is 0 Å². The Labute approximate surface area is 158 Å². The first kappa shape index (κ1) is 20.2. The molecule has 0 spiro atoms. The van der Waals surface area contributed by atoms with Gasteiger partial charge in [0.05, 0.1) is 13.5 Å². The maximum Gasteiger partial charge on any atom is 0.317 e. The Hall–Kier alpha value is -3.09. The number of methoxy groups -OCH3 is 1. The van der Waals surface area contributed by atoms with E-state index in [-0.39, 0.29) is 24.2 Å². The predicted octanol–water partition coefficient (Wildman–Crippen LogP) is 2.33. The van der Waals surface area contributed by atoms with E-state index in [1.54, 1.807) is 13.1 Å². The van der Waals surface area contributed by atoms with Gasteiger partial charge in [-0.3, -0.25) is 4.79 Å². The molecule has 0 bridgehead atoms. The minimum atomic E-state index is -0.468. The third-order valence-electron chi connectivity index (χ3n) is 3.91. The number of carbonyl (C=O) groups is 2. The molecule has 6 nitrogen and oxygen atoms in total. The lowest BCUT2D eigenvalue weighted by Gasteiger charge is -2.18. The van der Waals surface area contributed by atoms with E-state index in [2.05, 4.69) is 10.6 Å². The van der Waals surface area contributed by atoms with Gasteiger partial charge >= 0.3 is 6.03 Å². The van der Waals surface area contributed by atoms with E-state index in [9.17, 15) is 14.0 Å². The fraction of sp³-hybridized carbons (Fsp3) is 0.300. The average Bonchev–Trinajstić information content (AvgIpc) is 2.66. The van der Waals surface area contributed by atoms with Gasteiger partial charge in [-0.2, -0.15) is 0 Å². The molecule has 3 amide bonds. The first-order valence-corrected chi connectivity index (χ1v) is 8.61. The summed E-state index contributed by atoms with van der Waals surface area (Å²) in [5.74, 6) is -0.403. The molecule has 0 heterocycles. The molecule has 27 heavy (non-hydrogen) atoms. The zero-order valence-electron chi connectivity index (χ0n) is 15.5. The summed E-state index contributed by atoms with van der Waals surface area (Å²) in [6.07, 6.45) is 0.303. The number of halogens is 1. The lowest BCUT2D eigenvalue weighted by atomic mass is 10.1. The first-order valence-electron chi connectivity index (χ1n) is 8.61. The standard InChI is InChI=1S/C20H24FN3O3/c1-24(14-16-8-9-18(27-2)17(21)12-16)20(26)23-11-10-22-19(25)13-15-6-4-3-5-7-15/h3-9,12H,10-11,13-14H2,1-2H3,(H,22,25)(H,23,26). The summed E-state index contributed by atoms with van der Waals surface area (Å²) in [6, 6.07) is 13.7. The van der Waals surface area contributed by atoms with Crippen LogP contribution in [0.3, 0.4) is 0 Å². The number of hydrogen-bond donors (Lipinski definition) is 2. The molecule has 0 radical (unpaired) electrons. The zero-order valence-corrected chi connectivity index (χ0v) is 15.5. The van der Waals surface area contributed by atoms with E-state index in [0.717, 1.165) is 5.56 Å². The molecule has 144 valence electrons. The maximum absolute atomic E-state index is 13.7. The molecular formula is C20H24FN3O3. The summed E-state index contributed by atoms with van der Waals surface area (Å²) in [4.78, 5) is 25.3. The Morgan fingerprint density at radius 2 is 1.74 bits per heavy atom. The second-order valence-corrected chi connectivity index (χ2v) is 6.07. The number of benzene rings is 2. The second-order valence-electron chi connectivity index (χ2n) is 6.07. The monoisotopic (exact) mass is 373 g/mol. The molecular weight excluding hydrogens is 349 g/mol. The Morgan fingerprint density at radius 1 is 1.04 bits per heavy atom. The summed E-state index contributed by atoms with van der Waals surface area (Å²) in [5, 5.41) is 5.47. The van der Waals surface area contributed by atoms with Crippen LogP contribution in [0.15, 0.2) is 48.5 Å². The van der Waals surface area contributed by atoms with Crippen molar-refractivity contribution in [2.45, 2.75) is 13.0 Å². The Balaban J connectivity index is 1.69. The molecule has 2 aromatic carbocycles. The van der Waals surface area contributed by atoms with Crippen molar-refractivity contribution in [2.24, 2.45) is 0 Å². The summed E-state index contributed by atoms with van der Waals surface area (Å²) in [7, 11) is 3.02. The molecule has 0 atom stereocenters. The molecule has 0 saturated carbocycles. The van der Waals surface area contributed by atoms with Crippen molar-refractivity contribution >= 4 is 11.9 Å². The van der Waals surface area contributed by atoms with Crippen molar-refractivity contribution in [3.05, 3.63) is 65.5 Å². The summed E-state index contributed by atoms with van der Waals surface area (Å²) < 4.78 is 18.6. The summed E-state index contributed by atoms with van der Waals surface area (Å²) in [6.45, 7) is 0.899. The zero-order chi connectivity index (χ0) is 19.6. The minimum absolute atomic E-state index is 0.0995. The summed E-state index contributed by atoms with van der Waals surface area (Å²) in [5.41, 5.74) is 1.59.